The van der Waals surface area contributed by atoms with Crippen LogP contribution in [0.4, 0.5) is 23.1 Å². The van der Waals surface area contributed by atoms with Crippen LogP contribution in [0.15, 0.2) is 24.8 Å². The highest BCUT2D eigenvalue weighted by Gasteiger charge is 2.29. The van der Waals surface area contributed by atoms with Crippen molar-refractivity contribution in [1.82, 2.24) is 25.3 Å². The number of hydrogen-bond acceptors (Lipinski definition) is 7. The molecule has 3 heterocycles. The molecule has 2 N–H and O–H groups in total. The molecule has 3 aromatic heterocycles. The number of thiazole rings is 1. The van der Waals surface area contributed by atoms with Gasteiger partial charge in [0.25, 0.3) is 0 Å². The van der Waals surface area contributed by atoms with Crippen molar-refractivity contribution in [3.8, 4) is 17.0 Å². The maximum Gasteiger partial charge on any atom is 0.422 e. The van der Waals surface area contributed by atoms with Crippen LogP contribution in [0.5, 0.6) is 5.88 Å². The lowest BCUT2D eigenvalue weighted by Gasteiger charge is -2.11. The number of amides is 2. The summed E-state index contributed by atoms with van der Waals surface area (Å²) in [7, 11) is 0. The molecular formula is C15H13F3N6O2S. The van der Waals surface area contributed by atoms with E-state index < -0.39 is 18.8 Å². The molecule has 0 saturated carbocycles. The topological polar surface area (TPSA) is 102 Å². The number of carbonyl (C=O) groups excluding carboxylic acids is 1. The van der Waals surface area contributed by atoms with E-state index in [0.717, 1.165) is 11.3 Å². The van der Waals surface area contributed by atoms with Crippen molar-refractivity contribution >= 4 is 32.8 Å². The Kier molecular flexibility index (Phi) is 5.35. The SMILES string of the molecule is CCNC(=O)Nc1nc2cc(-c3cncnc3)c(OCC(F)(F)F)nc2s1. The Balaban J connectivity index is 2.00. The predicted molar refractivity (Wildman–Crippen MR) is 92.7 cm³/mol. The first-order valence-corrected chi connectivity index (χ1v) is 8.48. The summed E-state index contributed by atoms with van der Waals surface area (Å²) in [6.45, 7) is 0.704. The molecule has 0 aliphatic rings. The molecule has 3 rings (SSSR count). The van der Waals surface area contributed by atoms with E-state index in [0.29, 0.717) is 22.5 Å². The second-order valence-electron chi connectivity index (χ2n) is 5.20. The summed E-state index contributed by atoms with van der Waals surface area (Å²) in [5.41, 5.74) is 1.09. The van der Waals surface area contributed by atoms with Crippen molar-refractivity contribution in [2.24, 2.45) is 0 Å². The van der Waals surface area contributed by atoms with Crippen LogP contribution >= 0.6 is 11.3 Å². The van der Waals surface area contributed by atoms with E-state index in [2.05, 4.69) is 30.6 Å². The number of rotatable bonds is 5. The Labute approximate surface area is 154 Å². The Bertz CT molecular complexity index is 948. The summed E-state index contributed by atoms with van der Waals surface area (Å²) >= 11 is 1.02. The van der Waals surface area contributed by atoms with Gasteiger partial charge in [-0.15, -0.1) is 0 Å². The summed E-state index contributed by atoms with van der Waals surface area (Å²) in [6, 6.07) is 1.08. The number of pyridine rings is 1. The highest BCUT2D eigenvalue weighted by molar-refractivity contribution is 7.22. The van der Waals surface area contributed by atoms with E-state index in [-0.39, 0.29) is 16.6 Å². The van der Waals surface area contributed by atoms with Crippen molar-refractivity contribution in [3.05, 3.63) is 24.8 Å². The number of alkyl halides is 3. The summed E-state index contributed by atoms with van der Waals surface area (Å²) in [4.78, 5) is 28.0. The van der Waals surface area contributed by atoms with Gasteiger partial charge in [0.1, 0.15) is 16.7 Å². The van der Waals surface area contributed by atoms with E-state index in [1.54, 1.807) is 6.92 Å². The summed E-state index contributed by atoms with van der Waals surface area (Å²) in [5, 5.41) is 5.35. The number of nitrogens with zero attached hydrogens (tertiary/aromatic N) is 4. The highest BCUT2D eigenvalue weighted by atomic mass is 32.1. The number of nitrogens with one attached hydrogen (secondary N) is 2. The number of anilines is 1. The van der Waals surface area contributed by atoms with Gasteiger partial charge >= 0.3 is 12.2 Å². The van der Waals surface area contributed by atoms with Gasteiger partial charge in [-0.3, -0.25) is 5.32 Å². The van der Waals surface area contributed by atoms with E-state index in [4.69, 9.17) is 4.74 Å². The van der Waals surface area contributed by atoms with Crippen molar-refractivity contribution in [2.45, 2.75) is 13.1 Å². The molecule has 2 amide bonds. The normalized spacial score (nSPS) is 11.4. The van der Waals surface area contributed by atoms with Crippen LogP contribution < -0.4 is 15.4 Å². The second-order valence-corrected chi connectivity index (χ2v) is 6.18. The van der Waals surface area contributed by atoms with Crippen molar-refractivity contribution in [2.75, 3.05) is 18.5 Å². The van der Waals surface area contributed by atoms with E-state index in [9.17, 15) is 18.0 Å². The molecule has 142 valence electrons. The van der Waals surface area contributed by atoms with Crippen LogP contribution in [0, 0.1) is 0 Å². The Hall–Kier alpha value is -3.02. The van der Waals surface area contributed by atoms with E-state index in [1.807, 2.05) is 0 Å². The molecule has 8 nitrogen and oxygen atoms in total. The van der Waals surface area contributed by atoms with Gasteiger partial charge in [0.2, 0.25) is 5.88 Å². The second kappa shape index (κ2) is 7.70. The first kappa shape index (κ1) is 18.8. The van der Waals surface area contributed by atoms with Crippen LogP contribution in [-0.2, 0) is 0 Å². The third kappa shape index (κ3) is 4.78. The minimum atomic E-state index is -4.51. The molecule has 0 atom stereocenters. The average molecular weight is 398 g/mol. The lowest BCUT2D eigenvalue weighted by Crippen LogP contribution is -2.28. The maximum atomic E-state index is 12.6. The van der Waals surface area contributed by atoms with Gasteiger partial charge in [0.15, 0.2) is 11.7 Å². The lowest BCUT2D eigenvalue weighted by molar-refractivity contribution is -0.153. The fourth-order valence-electron chi connectivity index (χ4n) is 2.11. The molecule has 0 fully saturated rings. The number of carbonyl (C=O) groups is 1. The van der Waals surface area contributed by atoms with Gasteiger partial charge < -0.3 is 10.1 Å². The Morgan fingerprint density at radius 2 is 2.00 bits per heavy atom. The molecule has 0 spiro atoms. The standard InChI is InChI=1S/C15H13F3N6O2S/c1-2-21-13(25)24-14-22-10-3-9(8-4-19-7-20-5-8)11(23-12(10)27-14)26-6-15(16,17)18/h3-5,7H,2,6H2,1H3,(H2,21,22,24,25). The first-order valence-electron chi connectivity index (χ1n) is 7.67. The highest BCUT2D eigenvalue weighted by Crippen LogP contribution is 2.35. The predicted octanol–water partition coefficient (Wildman–Crippen LogP) is 3.23. The average Bonchev–Trinajstić information content (AvgIpc) is 3.00. The first-order chi connectivity index (χ1) is 12.9. The van der Waals surface area contributed by atoms with Gasteiger partial charge in [-0.25, -0.2) is 24.7 Å². The molecule has 0 aliphatic heterocycles. The quantitative estimate of drug-likeness (QED) is 0.684. The van der Waals surface area contributed by atoms with Crippen molar-refractivity contribution in [1.29, 1.82) is 0 Å². The fourth-order valence-corrected chi connectivity index (χ4v) is 2.92. The van der Waals surface area contributed by atoms with Gasteiger partial charge in [-0.05, 0) is 13.0 Å². The monoisotopic (exact) mass is 398 g/mol. The zero-order chi connectivity index (χ0) is 19.4. The number of ether oxygens (including phenoxy) is 1. The lowest BCUT2D eigenvalue weighted by atomic mass is 10.1. The third-order valence-corrected chi connectivity index (χ3v) is 4.03. The van der Waals surface area contributed by atoms with Crippen molar-refractivity contribution < 1.29 is 22.7 Å². The molecular weight excluding hydrogens is 385 g/mol. The summed E-state index contributed by atoms with van der Waals surface area (Å²) in [6.07, 6.45) is -0.365. The van der Waals surface area contributed by atoms with Gasteiger partial charge in [0.05, 0.1) is 0 Å². The molecule has 0 aliphatic carbocycles. The van der Waals surface area contributed by atoms with Crippen molar-refractivity contribution in [3.63, 3.8) is 0 Å². The van der Waals surface area contributed by atoms with Crippen LogP contribution in [0.25, 0.3) is 21.5 Å². The molecule has 0 saturated heterocycles. The molecule has 0 aromatic carbocycles. The summed E-state index contributed by atoms with van der Waals surface area (Å²) < 4.78 is 42.6. The molecule has 12 heteroatoms. The molecule has 27 heavy (non-hydrogen) atoms. The van der Waals surface area contributed by atoms with Crippen LogP contribution in [0.2, 0.25) is 0 Å². The molecule has 0 unspecified atom stereocenters. The minimum Gasteiger partial charge on any atom is -0.468 e. The number of hydrogen-bond donors (Lipinski definition) is 2. The fraction of sp³-hybridized carbons (Fsp3) is 0.267. The van der Waals surface area contributed by atoms with Gasteiger partial charge in [0, 0.05) is 30.1 Å². The largest absolute Gasteiger partial charge is 0.468 e. The smallest absolute Gasteiger partial charge is 0.422 e. The number of fused-ring (bicyclic) bond motifs is 1. The molecule has 0 radical (unpaired) electrons. The summed E-state index contributed by atoms with van der Waals surface area (Å²) in [5.74, 6) is -0.220. The number of urea groups is 1. The third-order valence-electron chi connectivity index (χ3n) is 3.15. The Morgan fingerprint density at radius 1 is 1.26 bits per heavy atom. The number of aromatic nitrogens is 4. The van der Waals surface area contributed by atoms with Gasteiger partial charge in [-0.1, -0.05) is 11.3 Å². The van der Waals surface area contributed by atoms with E-state index >= 15 is 0 Å². The zero-order valence-corrected chi connectivity index (χ0v) is 14.7. The minimum absolute atomic E-state index is 0.220. The van der Waals surface area contributed by atoms with Gasteiger partial charge in [-0.2, -0.15) is 13.2 Å². The molecule has 0 bridgehead atoms. The van der Waals surface area contributed by atoms with E-state index in [1.165, 1.54) is 24.8 Å². The number of halogens is 3. The molecule has 3 aromatic rings. The van der Waals surface area contributed by atoms with Crippen LogP contribution in [0.3, 0.4) is 0 Å². The van der Waals surface area contributed by atoms with Crippen LogP contribution in [-0.4, -0.2) is 45.3 Å². The Morgan fingerprint density at radius 3 is 2.67 bits per heavy atom. The zero-order valence-electron chi connectivity index (χ0n) is 13.9. The maximum absolute atomic E-state index is 12.6. The van der Waals surface area contributed by atoms with Crippen LogP contribution in [0.1, 0.15) is 6.92 Å².